The fraction of sp³-hybridized carbons (Fsp3) is 0.286. The molecule has 172 valence electrons. The maximum absolute atomic E-state index is 12.8. The first-order valence-electron chi connectivity index (χ1n) is 9.23. The lowest BCUT2D eigenvalue weighted by molar-refractivity contribution is 0.00660. The fourth-order valence-electron chi connectivity index (χ4n) is 2.36. The summed E-state index contributed by atoms with van der Waals surface area (Å²) >= 11 is 1.90. The van der Waals surface area contributed by atoms with Crippen LogP contribution in [0.2, 0.25) is 0 Å². The van der Waals surface area contributed by atoms with Crippen molar-refractivity contribution in [3.05, 3.63) is 62.7 Å². The van der Waals surface area contributed by atoms with Gasteiger partial charge in [0.05, 0.1) is 20.3 Å². The standard InChI is InChI=1S/C21H21IO9S/c1-21(2,3)31-20(25)15-7-5-4-6-14(15)19(24)30-17-12-13(8-9-16(17)22)18(23)29-10-11-32(26,27)28/h4-9,12H,10-11H2,1-3H3,(H,26,27,28). The molecule has 0 saturated heterocycles. The molecule has 0 aliphatic heterocycles. The van der Waals surface area contributed by atoms with Crippen LogP contribution in [0.25, 0.3) is 0 Å². The summed E-state index contributed by atoms with van der Waals surface area (Å²) in [6, 6.07) is 10.2. The Bertz CT molecular complexity index is 1130. The van der Waals surface area contributed by atoms with E-state index in [1.807, 2.05) is 22.6 Å². The van der Waals surface area contributed by atoms with Gasteiger partial charge in [-0.05, 0) is 73.7 Å². The Hall–Kier alpha value is -2.51. The number of carbonyl (C=O) groups is 3. The molecule has 2 rings (SSSR count). The third kappa shape index (κ3) is 7.88. The molecular weight excluding hydrogens is 555 g/mol. The normalized spacial score (nSPS) is 11.5. The zero-order valence-electron chi connectivity index (χ0n) is 17.5. The third-order valence-corrected chi connectivity index (χ3v) is 5.28. The van der Waals surface area contributed by atoms with E-state index >= 15 is 0 Å². The van der Waals surface area contributed by atoms with Gasteiger partial charge in [-0.15, -0.1) is 0 Å². The molecule has 1 N–H and O–H groups in total. The molecule has 9 nitrogen and oxygen atoms in total. The molecule has 11 heteroatoms. The Labute approximate surface area is 198 Å². The van der Waals surface area contributed by atoms with Crippen LogP contribution >= 0.6 is 22.6 Å². The highest BCUT2D eigenvalue weighted by molar-refractivity contribution is 14.1. The van der Waals surface area contributed by atoms with Crippen molar-refractivity contribution >= 4 is 50.6 Å². The van der Waals surface area contributed by atoms with Gasteiger partial charge in [0.2, 0.25) is 0 Å². The van der Waals surface area contributed by atoms with E-state index in [9.17, 15) is 22.8 Å². The molecule has 2 aromatic carbocycles. The molecule has 0 atom stereocenters. The fourth-order valence-corrected chi connectivity index (χ4v) is 3.10. The van der Waals surface area contributed by atoms with E-state index in [0.29, 0.717) is 3.57 Å². The summed E-state index contributed by atoms with van der Waals surface area (Å²) < 4.78 is 46.2. The van der Waals surface area contributed by atoms with Gasteiger partial charge in [-0.1, -0.05) is 12.1 Å². The Balaban J connectivity index is 2.21. The van der Waals surface area contributed by atoms with Crippen LogP contribution in [-0.4, -0.2) is 48.8 Å². The average Bonchev–Trinajstić information content (AvgIpc) is 2.67. The largest absolute Gasteiger partial charge is 0.461 e. The predicted molar refractivity (Wildman–Crippen MR) is 122 cm³/mol. The molecule has 0 heterocycles. The number of esters is 3. The van der Waals surface area contributed by atoms with Crippen LogP contribution in [0.15, 0.2) is 42.5 Å². The summed E-state index contributed by atoms with van der Waals surface area (Å²) in [5, 5.41) is 0. The van der Waals surface area contributed by atoms with Gasteiger partial charge in [0.25, 0.3) is 10.1 Å². The summed E-state index contributed by atoms with van der Waals surface area (Å²) in [5.74, 6) is -3.08. The van der Waals surface area contributed by atoms with Crippen LogP contribution in [0.4, 0.5) is 0 Å². The molecule has 0 bridgehead atoms. The minimum Gasteiger partial charge on any atom is -0.461 e. The van der Waals surface area contributed by atoms with Crippen molar-refractivity contribution in [2.24, 2.45) is 0 Å². The smallest absolute Gasteiger partial charge is 0.344 e. The molecule has 0 fully saturated rings. The van der Waals surface area contributed by atoms with Gasteiger partial charge in [0.15, 0.2) is 0 Å². The molecule has 0 aromatic heterocycles. The summed E-state index contributed by atoms with van der Waals surface area (Å²) in [6.07, 6.45) is 0. The number of ether oxygens (including phenoxy) is 3. The summed E-state index contributed by atoms with van der Waals surface area (Å²) in [6.45, 7) is 4.57. The van der Waals surface area contributed by atoms with Crippen LogP contribution in [0.5, 0.6) is 5.75 Å². The van der Waals surface area contributed by atoms with Crippen molar-refractivity contribution in [2.45, 2.75) is 26.4 Å². The van der Waals surface area contributed by atoms with Crippen LogP contribution in [0.3, 0.4) is 0 Å². The van der Waals surface area contributed by atoms with E-state index in [0.717, 1.165) is 0 Å². The number of halogens is 1. The van der Waals surface area contributed by atoms with Crippen LogP contribution < -0.4 is 4.74 Å². The molecular formula is C21H21IO9S. The highest BCUT2D eigenvalue weighted by atomic mass is 127. The predicted octanol–water partition coefficient (Wildman–Crippen LogP) is 3.51. The van der Waals surface area contributed by atoms with Gasteiger partial charge in [-0.25, -0.2) is 14.4 Å². The van der Waals surface area contributed by atoms with E-state index < -0.39 is 46.0 Å². The molecule has 0 aliphatic rings. The quantitative estimate of drug-likeness (QED) is 0.228. The molecule has 0 unspecified atom stereocenters. The minimum absolute atomic E-state index is 0.00369. The lowest BCUT2D eigenvalue weighted by atomic mass is 10.1. The lowest BCUT2D eigenvalue weighted by Gasteiger charge is -2.20. The second-order valence-corrected chi connectivity index (χ2v) is 10.2. The summed E-state index contributed by atoms with van der Waals surface area (Å²) in [5.41, 5.74) is -0.737. The zero-order valence-corrected chi connectivity index (χ0v) is 20.4. The number of hydrogen-bond acceptors (Lipinski definition) is 8. The Kier molecular flexibility index (Phi) is 8.37. The Morgan fingerprint density at radius 3 is 2.12 bits per heavy atom. The van der Waals surface area contributed by atoms with E-state index in [4.69, 9.17) is 18.8 Å². The van der Waals surface area contributed by atoms with Crippen molar-refractivity contribution in [1.82, 2.24) is 0 Å². The Morgan fingerprint density at radius 1 is 0.969 bits per heavy atom. The first-order chi connectivity index (χ1) is 14.8. The third-order valence-electron chi connectivity index (χ3n) is 3.71. The van der Waals surface area contributed by atoms with Crippen LogP contribution in [0, 0.1) is 3.57 Å². The van der Waals surface area contributed by atoms with Crippen molar-refractivity contribution < 1.29 is 41.6 Å². The second kappa shape index (κ2) is 10.4. The van der Waals surface area contributed by atoms with Crippen molar-refractivity contribution in [2.75, 3.05) is 12.4 Å². The van der Waals surface area contributed by atoms with Gasteiger partial charge >= 0.3 is 17.9 Å². The molecule has 2 aromatic rings. The minimum atomic E-state index is -4.27. The van der Waals surface area contributed by atoms with E-state index in [1.165, 1.54) is 30.3 Å². The average molecular weight is 576 g/mol. The molecule has 0 aliphatic carbocycles. The van der Waals surface area contributed by atoms with Crippen molar-refractivity contribution in [3.8, 4) is 5.75 Å². The molecule has 0 spiro atoms. The topological polar surface area (TPSA) is 133 Å². The first-order valence-corrected chi connectivity index (χ1v) is 11.9. The van der Waals surface area contributed by atoms with Gasteiger partial charge < -0.3 is 14.2 Å². The monoisotopic (exact) mass is 576 g/mol. The van der Waals surface area contributed by atoms with E-state index in [2.05, 4.69) is 0 Å². The maximum atomic E-state index is 12.8. The van der Waals surface area contributed by atoms with E-state index in [1.54, 1.807) is 32.9 Å². The molecule has 32 heavy (non-hydrogen) atoms. The van der Waals surface area contributed by atoms with Gasteiger partial charge in [-0.3, -0.25) is 4.55 Å². The molecule has 0 saturated carbocycles. The number of benzene rings is 2. The second-order valence-electron chi connectivity index (χ2n) is 7.50. The highest BCUT2D eigenvalue weighted by Gasteiger charge is 2.24. The molecule has 0 radical (unpaired) electrons. The maximum Gasteiger partial charge on any atom is 0.344 e. The summed E-state index contributed by atoms with van der Waals surface area (Å²) in [4.78, 5) is 37.4. The Morgan fingerprint density at radius 2 is 1.56 bits per heavy atom. The highest BCUT2D eigenvalue weighted by Crippen LogP contribution is 2.25. The van der Waals surface area contributed by atoms with Crippen molar-refractivity contribution in [1.29, 1.82) is 0 Å². The number of rotatable bonds is 7. The van der Waals surface area contributed by atoms with Crippen LogP contribution in [-0.2, 0) is 19.6 Å². The molecule has 0 amide bonds. The van der Waals surface area contributed by atoms with Crippen LogP contribution in [0.1, 0.15) is 51.8 Å². The number of carbonyl (C=O) groups excluding carboxylic acids is 3. The van der Waals surface area contributed by atoms with Gasteiger partial charge in [0, 0.05) is 0 Å². The van der Waals surface area contributed by atoms with Gasteiger partial charge in [-0.2, -0.15) is 8.42 Å². The summed E-state index contributed by atoms with van der Waals surface area (Å²) in [7, 11) is -4.27. The zero-order chi connectivity index (χ0) is 24.1. The SMILES string of the molecule is CC(C)(C)OC(=O)c1ccccc1C(=O)Oc1cc(C(=O)OCCS(=O)(=O)O)ccc1I. The lowest BCUT2D eigenvalue weighted by Crippen LogP contribution is -2.25. The van der Waals surface area contributed by atoms with E-state index in [-0.39, 0.29) is 22.4 Å². The van der Waals surface area contributed by atoms with Crippen molar-refractivity contribution in [3.63, 3.8) is 0 Å². The first kappa shape index (κ1) is 25.7. The number of hydrogen-bond donors (Lipinski definition) is 1. The van der Waals surface area contributed by atoms with Gasteiger partial charge in [0.1, 0.15) is 23.7 Å².